The molecule has 0 atom stereocenters. The van der Waals surface area contributed by atoms with Gasteiger partial charge >= 0.3 is 0 Å². The second kappa shape index (κ2) is 4.62. The number of nitrogens with two attached hydrogens (primary N) is 1. The first-order chi connectivity index (χ1) is 7.75. The fourth-order valence-electron chi connectivity index (χ4n) is 1.55. The van der Waals surface area contributed by atoms with E-state index in [0.717, 1.165) is 16.8 Å². The molecule has 0 heterocycles. The molecule has 0 radical (unpaired) electrons. The Morgan fingerprint density at radius 2 is 1.56 bits per heavy atom. The summed E-state index contributed by atoms with van der Waals surface area (Å²) in [5.41, 5.74) is 8.04. The molecule has 16 heavy (non-hydrogen) atoms. The minimum absolute atomic E-state index is 0.130. The van der Waals surface area contributed by atoms with Gasteiger partial charge in [-0.25, -0.2) is 0 Å². The maximum Gasteiger partial charge on any atom is 0.167 e. The summed E-state index contributed by atoms with van der Waals surface area (Å²) in [6.07, 6.45) is 0.421. The van der Waals surface area contributed by atoms with Gasteiger partial charge in [0.2, 0.25) is 0 Å². The number of hydrogen-bond acceptors (Lipinski definition) is 2. The highest BCUT2D eigenvalue weighted by Crippen LogP contribution is 2.09. The molecule has 2 aromatic rings. The summed E-state index contributed by atoms with van der Waals surface area (Å²) in [6, 6.07) is 16.7. The molecule has 0 saturated heterocycles. The first kappa shape index (κ1) is 10.4. The van der Waals surface area contributed by atoms with Crippen LogP contribution in [0.3, 0.4) is 0 Å². The lowest BCUT2D eigenvalue weighted by Crippen LogP contribution is -2.03. The molecule has 0 aromatic heterocycles. The molecule has 0 aliphatic heterocycles. The van der Waals surface area contributed by atoms with Crippen LogP contribution in [0, 0.1) is 0 Å². The van der Waals surface area contributed by atoms with E-state index in [1.165, 1.54) is 0 Å². The van der Waals surface area contributed by atoms with Crippen molar-refractivity contribution in [2.45, 2.75) is 6.42 Å². The highest BCUT2D eigenvalue weighted by atomic mass is 16.1. The van der Waals surface area contributed by atoms with Gasteiger partial charge in [0.05, 0.1) is 0 Å². The van der Waals surface area contributed by atoms with Crippen molar-refractivity contribution in [3.05, 3.63) is 65.7 Å². The van der Waals surface area contributed by atoms with Crippen molar-refractivity contribution >= 4 is 11.5 Å². The fraction of sp³-hybridized carbons (Fsp3) is 0.0714. The highest BCUT2D eigenvalue weighted by molar-refractivity contribution is 5.97. The Kier molecular flexibility index (Phi) is 3.01. The zero-order valence-electron chi connectivity index (χ0n) is 8.89. The van der Waals surface area contributed by atoms with Gasteiger partial charge in [-0.15, -0.1) is 0 Å². The van der Waals surface area contributed by atoms with Crippen LogP contribution < -0.4 is 5.73 Å². The van der Waals surface area contributed by atoms with E-state index in [-0.39, 0.29) is 5.78 Å². The molecule has 2 aromatic carbocycles. The second-order valence-corrected chi connectivity index (χ2v) is 3.71. The van der Waals surface area contributed by atoms with Crippen molar-refractivity contribution < 1.29 is 4.79 Å². The predicted octanol–water partition coefficient (Wildman–Crippen LogP) is 2.69. The van der Waals surface area contributed by atoms with Crippen LogP contribution >= 0.6 is 0 Å². The molecular weight excluding hydrogens is 198 g/mol. The average molecular weight is 211 g/mol. The molecule has 2 N–H and O–H groups in total. The van der Waals surface area contributed by atoms with Gasteiger partial charge in [-0.05, 0) is 17.7 Å². The van der Waals surface area contributed by atoms with Gasteiger partial charge in [-0.1, -0.05) is 42.5 Å². The van der Waals surface area contributed by atoms with Gasteiger partial charge in [0.1, 0.15) is 0 Å². The van der Waals surface area contributed by atoms with Gasteiger partial charge in [0.25, 0.3) is 0 Å². The fourth-order valence-corrected chi connectivity index (χ4v) is 1.55. The maximum atomic E-state index is 11.9. The minimum atomic E-state index is 0.130. The van der Waals surface area contributed by atoms with E-state index in [1.54, 1.807) is 0 Å². The third-order valence-corrected chi connectivity index (χ3v) is 2.44. The lowest BCUT2D eigenvalue weighted by molar-refractivity contribution is 0.0993. The Morgan fingerprint density at radius 1 is 0.938 bits per heavy atom. The minimum Gasteiger partial charge on any atom is -0.399 e. The Bertz CT molecular complexity index is 474. The first-order valence-corrected chi connectivity index (χ1v) is 5.18. The van der Waals surface area contributed by atoms with E-state index < -0.39 is 0 Å². The average Bonchev–Trinajstić information content (AvgIpc) is 2.33. The number of benzene rings is 2. The number of carbonyl (C=O) groups is 1. The molecule has 0 spiro atoms. The normalized spacial score (nSPS) is 10.0. The van der Waals surface area contributed by atoms with Crippen molar-refractivity contribution in [2.24, 2.45) is 0 Å². The summed E-state index contributed by atoms with van der Waals surface area (Å²) in [4.78, 5) is 11.9. The zero-order chi connectivity index (χ0) is 11.4. The van der Waals surface area contributed by atoms with Gasteiger partial charge in [-0.2, -0.15) is 0 Å². The van der Waals surface area contributed by atoms with Crippen LogP contribution in [0.15, 0.2) is 54.6 Å². The molecule has 0 unspecified atom stereocenters. The van der Waals surface area contributed by atoms with Gasteiger partial charge in [0.15, 0.2) is 5.78 Å². The third kappa shape index (κ3) is 2.48. The molecule has 0 aliphatic carbocycles. The second-order valence-electron chi connectivity index (χ2n) is 3.71. The number of anilines is 1. The van der Waals surface area contributed by atoms with Crippen LogP contribution in [0.25, 0.3) is 0 Å². The lowest BCUT2D eigenvalue weighted by atomic mass is 10.0. The number of Topliss-reactive ketones (excluding diaryl/α,β-unsaturated/α-hetero) is 1. The van der Waals surface area contributed by atoms with Gasteiger partial charge in [0, 0.05) is 17.7 Å². The topological polar surface area (TPSA) is 43.1 Å². The Hall–Kier alpha value is -2.09. The lowest BCUT2D eigenvalue weighted by Gasteiger charge is -2.01. The van der Waals surface area contributed by atoms with Crippen molar-refractivity contribution in [2.75, 3.05) is 5.73 Å². The first-order valence-electron chi connectivity index (χ1n) is 5.18. The van der Waals surface area contributed by atoms with Gasteiger partial charge < -0.3 is 5.73 Å². The maximum absolute atomic E-state index is 11.9. The molecule has 2 heteroatoms. The van der Waals surface area contributed by atoms with E-state index in [2.05, 4.69) is 0 Å². The summed E-state index contributed by atoms with van der Waals surface area (Å²) >= 11 is 0. The smallest absolute Gasteiger partial charge is 0.167 e. The Balaban J connectivity index is 2.11. The van der Waals surface area contributed by atoms with Crippen molar-refractivity contribution in [3.8, 4) is 0 Å². The largest absolute Gasteiger partial charge is 0.399 e. The van der Waals surface area contributed by atoms with Crippen LogP contribution in [0.4, 0.5) is 5.69 Å². The standard InChI is InChI=1S/C14H13NO/c15-13-8-6-11(7-9-13)10-14(16)12-4-2-1-3-5-12/h1-9H,10,15H2. The monoisotopic (exact) mass is 211 g/mol. The highest BCUT2D eigenvalue weighted by Gasteiger charge is 2.05. The predicted molar refractivity (Wildman–Crippen MR) is 65.3 cm³/mol. The van der Waals surface area contributed by atoms with Gasteiger partial charge in [-0.3, -0.25) is 4.79 Å². The molecule has 0 amide bonds. The Morgan fingerprint density at radius 3 is 2.19 bits per heavy atom. The molecule has 2 rings (SSSR count). The molecule has 2 nitrogen and oxygen atoms in total. The molecule has 0 bridgehead atoms. The summed E-state index contributed by atoms with van der Waals surface area (Å²) < 4.78 is 0. The summed E-state index contributed by atoms with van der Waals surface area (Å²) in [6.45, 7) is 0. The van der Waals surface area contributed by atoms with Crippen LogP contribution in [0.2, 0.25) is 0 Å². The van der Waals surface area contributed by atoms with E-state index in [0.29, 0.717) is 6.42 Å². The van der Waals surface area contributed by atoms with E-state index in [9.17, 15) is 4.79 Å². The summed E-state index contributed by atoms with van der Waals surface area (Å²) in [5.74, 6) is 0.130. The van der Waals surface area contributed by atoms with Crippen LogP contribution in [-0.2, 0) is 6.42 Å². The molecule has 0 saturated carbocycles. The van der Waals surface area contributed by atoms with Crippen LogP contribution in [0.5, 0.6) is 0 Å². The number of nitrogen functional groups attached to an aromatic ring is 1. The number of carbonyl (C=O) groups excluding carboxylic acids is 1. The van der Waals surface area contributed by atoms with E-state index in [1.807, 2.05) is 54.6 Å². The number of ketones is 1. The van der Waals surface area contributed by atoms with Crippen molar-refractivity contribution in [1.82, 2.24) is 0 Å². The number of hydrogen-bond donors (Lipinski definition) is 1. The van der Waals surface area contributed by atoms with Crippen molar-refractivity contribution in [3.63, 3.8) is 0 Å². The quantitative estimate of drug-likeness (QED) is 0.626. The molecule has 0 fully saturated rings. The van der Waals surface area contributed by atoms with Crippen molar-refractivity contribution in [1.29, 1.82) is 0 Å². The molecule has 0 aliphatic rings. The third-order valence-electron chi connectivity index (χ3n) is 2.44. The summed E-state index contributed by atoms with van der Waals surface area (Å²) in [7, 11) is 0. The van der Waals surface area contributed by atoms with Crippen LogP contribution in [-0.4, -0.2) is 5.78 Å². The number of rotatable bonds is 3. The summed E-state index contributed by atoms with van der Waals surface area (Å²) in [5, 5.41) is 0. The molecular formula is C14H13NO. The SMILES string of the molecule is Nc1ccc(CC(=O)c2ccccc2)cc1. The Labute approximate surface area is 94.7 Å². The van der Waals surface area contributed by atoms with Crippen LogP contribution in [0.1, 0.15) is 15.9 Å². The van der Waals surface area contributed by atoms with E-state index in [4.69, 9.17) is 5.73 Å². The van der Waals surface area contributed by atoms with E-state index >= 15 is 0 Å². The molecule has 80 valence electrons. The zero-order valence-corrected chi connectivity index (χ0v) is 8.89.